The Bertz CT molecular complexity index is 473. The predicted octanol–water partition coefficient (Wildman–Crippen LogP) is 3.24. The number of amides is 2. The minimum atomic E-state index is -0.279. The van der Waals surface area contributed by atoms with Gasteiger partial charge >= 0.3 is 6.03 Å². The summed E-state index contributed by atoms with van der Waals surface area (Å²) in [6.07, 6.45) is 5.50. The van der Waals surface area contributed by atoms with Crippen molar-refractivity contribution in [3.63, 3.8) is 0 Å². The summed E-state index contributed by atoms with van der Waals surface area (Å²) in [6, 6.07) is 6.16. The zero-order valence-corrected chi connectivity index (χ0v) is 11.1. The summed E-state index contributed by atoms with van der Waals surface area (Å²) < 4.78 is 13.0. The van der Waals surface area contributed by atoms with Crippen molar-refractivity contribution in [2.75, 3.05) is 13.1 Å². The topological polar surface area (TPSA) is 32.3 Å². The van der Waals surface area contributed by atoms with Crippen molar-refractivity contribution < 1.29 is 9.18 Å². The second-order valence-electron chi connectivity index (χ2n) is 5.03. The second-order valence-corrected chi connectivity index (χ2v) is 5.03. The van der Waals surface area contributed by atoms with Crippen LogP contribution < -0.4 is 5.32 Å². The summed E-state index contributed by atoms with van der Waals surface area (Å²) in [7, 11) is 0. The van der Waals surface area contributed by atoms with E-state index in [1.54, 1.807) is 24.4 Å². The third kappa shape index (κ3) is 4.09. The number of carbonyl (C=O) groups excluding carboxylic acids is 1. The van der Waals surface area contributed by atoms with Gasteiger partial charge in [0.1, 0.15) is 5.82 Å². The summed E-state index contributed by atoms with van der Waals surface area (Å²) in [5.41, 5.74) is 0.729. The Morgan fingerprint density at radius 1 is 1.53 bits per heavy atom. The van der Waals surface area contributed by atoms with Gasteiger partial charge in [0.15, 0.2) is 0 Å². The van der Waals surface area contributed by atoms with Gasteiger partial charge in [0.05, 0.1) is 0 Å². The van der Waals surface area contributed by atoms with E-state index in [4.69, 9.17) is 0 Å². The number of benzene rings is 1. The average Bonchev–Trinajstić information content (AvgIpc) is 2.38. The van der Waals surface area contributed by atoms with Gasteiger partial charge in [-0.2, -0.15) is 0 Å². The van der Waals surface area contributed by atoms with Crippen molar-refractivity contribution in [3.8, 4) is 0 Å². The summed E-state index contributed by atoms with van der Waals surface area (Å²) in [6.45, 7) is 3.77. The normalized spacial score (nSPS) is 19.7. The molecule has 102 valence electrons. The maximum absolute atomic E-state index is 13.0. The molecule has 0 spiro atoms. The highest BCUT2D eigenvalue weighted by Gasteiger charge is 2.19. The summed E-state index contributed by atoms with van der Waals surface area (Å²) in [5, 5.41) is 2.72. The minimum absolute atomic E-state index is 0.0841. The van der Waals surface area contributed by atoms with Gasteiger partial charge in [-0.25, -0.2) is 9.18 Å². The number of nitrogens with zero attached hydrogens (tertiary/aromatic N) is 1. The molecule has 1 fully saturated rings. The van der Waals surface area contributed by atoms with Gasteiger partial charge in [0.25, 0.3) is 0 Å². The molecule has 1 aliphatic rings. The van der Waals surface area contributed by atoms with E-state index >= 15 is 0 Å². The Hall–Kier alpha value is -1.84. The first kappa shape index (κ1) is 13.6. The molecule has 1 aromatic carbocycles. The van der Waals surface area contributed by atoms with E-state index in [0.29, 0.717) is 5.92 Å². The number of hydrogen-bond acceptors (Lipinski definition) is 1. The van der Waals surface area contributed by atoms with Crippen molar-refractivity contribution in [1.29, 1.82) is 0 Å². The molecule has 1 heterocycles. The van der Waals surface area contributed by atoms with Gasteiger partial charge in [0, 0.05) is 19.3 Å². The van der Waals surface area contributed by atoms with Crippen LogP contribution in [0.4, 0.5) is 9.18 Å². The van der Waals surface area contributed by atoms with Gasteiger partial charge in [0.2, 0.25) is 0 Å². The first-order valence-corrected chi connectivity index (χ1v) is 6.63. The van der Waals surface area contributed by atoms with Gasteiger partial charge in [-0.15, -0.1) is 0 Å². The summed E-state index contributed by atoms with van der Waals surface area (Å²) >= 11 is 0. The number of hydrogen-bond donors (Lipinski definition) is 1. The van der Waals surface area contributed by atoms with E-state index in [1.165, 1.54) is 18.6 Å². The molecule has 1 atom stereocenters. The van der Waals surface area contributed by atoms with E-state index in [2.05, 4.69) is 12.2 Å². The number of urea groups is 1. The molecule has 4 heteroatoms. The third-order valence-electron chi connectivity index (χ3n) is 3.28. The van der Waals surface area contributed by atoms with Crippen LogP contribution in [0.1, 0.15) is 25.3 Å². The second kappa shape index (κ2) is 6.36. The van der Waals surface area contributed by atoms with Crippen LogP contribution in [0, 0.1) is 11.7 Å². The Kier molecular flexibility index (Phi) is 4.55. The van der Waals surface area contributed by atoms with E-state index in [0.717, 1.165) is 25.1 Å². The van der Waals surface area contributed by atoms with Gasteiger partial charge in [-0.3, -0.25) is 0 Å². The fourth-order valence-corrected chi connectivity index (χ4v) is 2.28. The molecule has 1 aliphatic heterocycles. The molecule has 0 aromatic heterocycles. The maximum Gasteiger partial charge on any atom is 0.321 e. The lowest BCUT2D eigenvalue weighted by Crippen LogP contribution is -2.43. The van der Waals surface area contributed by atoms with Crippen LogP contribution in [-0.2, 0) is 0 Å². The van der Waals surface area contributed by atoms with E-state index in [9.17, 15) is 9.18 Å². The highest BCUT2D eigenvalue weighted by atomic mass is 19.1. The molecule has 1 unspecified atom stereocenters. The molecule has 2 rings (SSSR count). The SMILES string of the molecule is CC1CCCN(C(=O)N/C=C/c2cccc(F)c2)C1. The maximum atomic E-state index is 13.0. The highest BCUT2D eigenvalue weighted by molar-refractivity contribution is 5.76. The van der Waals surface area contributed by atoms with Crippen LogP contribution in [-0.4, -0.2) is 24.0 Å². The van der Waals surface area contributed by atoms with Gasteiger partial charge < -0.3 is 10.2 Å². The Morgan fingerprint density at radius 3 is 3.11 bits per heavy atom. The molecule has 1 saturated heterocycles. The number of piperidine rings is 1. The zero-order valence-electron chi connectivity index (χ0n) is 11.1. The molecule has 1 N–H and O–H groups in total. The molecule has 1 aromatic rings. The monoisotopic (exact) mass is 262 g/mol. The van der Waals surface area contributed by atoms with Crippen molar-refractivity contribution >= 4 is 12.1 Å². The van der Waals surface area contributed by atoms with Gasteiger partial charge in [-0.05, 0) is 42.5 Å². The molecule has 3 nitrogen and oxygen atoms in total. The molecular formula is C15H19FN2O. The Morgan fingerprint density at radius 2 is 2.37 bits per heavy atom. The van der Waals surface area contributed by atoms with Crippen LogP contribution in [0.3, 0.4) is 0 Å². The van der Waals surface area contributed by atoms with Crippen LogP contribution in [0.5, 0.6) is 0 Å². The smallest absolute Gasteiger partial charge is 0.321 e. The fourth-order valence-electron chi connectivity index (χ4n) is 2.28. The van der Waals surface area contributed by atoms with Crippen LogP contribution in [0.15, 0.2) is 30.5 Å². The lowest BCUT2D eigenvalue weighted by molar-refractivity contribution is 0.173. The number of halogens is 1. The van der Waals surface area contributed by atoms with Crippen molar-refractivity contribution in [2.45, 2.75) is 19.8 Å². The summed E-state index contributed by atoms with van der Waals surface area (Å²) in [5.74, 6) is 0.282. The fraction of sp³-hybridized carbons (Fsp3) is 0.400. The van der Waals surface area contributed by atoms with Gasteiger partial charge in [-0.1, -0.05) is 19.1 Å². The Labute approximate surface area is 113 Å². The molecule has 19 heavy (non-hydrogen) atoms. The summed E-state index contributed by atoms with van der Waals surface area (Å²) in [4.78, 5) is 13.7. The standard InChI is InChI=1S/C15H19FN2O/c1-12-4-3-9-18(11-12)15(19)17-8-7-13-5-2-6-14(16)10-13/h2,5-8,10,12H,3-4,9,11H2,1H3,(H,17,19)/b8-7+. The molecule has 0 radical (unpaired) electrons. The van der Waals surface area contributed by atoms with Crippen LogP contribution >= 0.6 is 0 Å². The first-order valence-electron chi connectivity index (χ1n) is 6.63. The quantitative estimate of drug-likeness (QED) is 0.872. The largest absolute Gasteiger partial charge is 0.324 e. The number of rotatable bonds is 2. The lowest BCUT2D eigenvalue weighted by atomic mass is 10.0. The van der Waals surface area contributed by atoms with Crippen LogP contribution in [0.2, 0.25) is 0 Å². The lowest BCUT2D eigenvalue weighted by Gasteiger charge is -2.30. The van der Waals surface area contributed by atoms with E-state index in [-0.39, 0.29) is 11.8 Å². The molecule has 0 saturated carbocycles. The van der Waals surface area contributed by atoms with Crippen LogP contribution in [0.25, 0.3) is 6.08 Å². The number of carbonyl (C=O) groups is 1. The van der Waals surface area contributed by atoms with Crippen molar-refractivity contribution in [3.05, 3.63) is 41.8 Å². The molecule has 0 aliphatic carbocycles. The molecular weight excluding hydrogens is 243 g/mol. The van der Waals surface area contributed by atoms with E-state index < -0.39 is 0 Å². The average molecular weight is 262 g/mol. The number of likely N-dealkylation sites (tertiary alicyclic amines) is 1. The number of nitrogens with one attached hydrogen (secondary N) is 1. The zero-order chi connectivity index (χ0) is 13.7. The van der Waals surface area contributed by atoms with E-state index in [1.807, 2.05) is 4.90 Å². The minimum Gasteiger partial charge on any atom is -0.324 e. The molecule has 2 amide bonds. The first-order chi connectivity index (χ1) is 9.15. The van der Waals surface area contributed by atoms with Crippen molar-refractivity contribution in [2.24, 2.45) is 5.92 Å². The highest BCUT2D eigenvalue weighted by Crippen LogP contribution is 2.15. The Balaban J connectivity index is 1.86. The molecule has 0 bridgehead atoms. The third-order valence-corrected chi connectivity index (χ3v) is 3.28. The van der Waals surface area contributed by atoms with Crippen molar-refractivity contribution in [1.82, 2.24) is 10.2 Å². The predicted molar refractivity (Wildman–Crippen MR) is 73.9 cm³/mol.